The van der Waals surface area contributed by atoms with E-state index in [1.54, 1.807) is 35.3 Å². The lowest BCUT2D eigenvalue weighted by Crippen LogP contribution is -2.41. The summed E-state index contributed by atoms with van der Waals surface area (Å²) in [5.41, 5.74) is 2.09. The maximum Gasteiger partial charge on any atom is 0.277 e. The molecule has 5 rings (SSSR count). The van der Waals surface area contributed by atoms with Crippen molar-refractivity contribution < 1.29 is 16.8 Å². The first-order valence-corrected chi connectivity index (χ1v) is 16.3. The van der Waals surface area contributed by atoms with E-state index in [-0.39, 0.29) is 15.7 Å². The first kappa shape index (κ1) is 24.6. The van der Waals surface area contributed by atoms with Crippen LogP contribution < -0.4 is 4.31 Å². The summed E-state index contributed by atoms with van der Waals surface area (Å²) in [5, 5.41) is 3.87. The number of nitrogens with one attached hydrogen (secondary N) is 1. The van der Waals surface area contributed by atoms with Crippen LogP contribution in [-0.2, 0) is 19.9 Å². The van der Waals surface area contributed by atoms with Gasteiger partial charge in [0.05, 0.1) is 34.9 Å². The number of sulfonamides is 1. The summed E-state index contributed by atoms with van der Waals surface area (Å²) in [6.07, 6.45) is 2.26. The van der Waals surface area contributed by atoms with Crippen LogP contribution in [0.1, 0.15) is 12.1 Å². The van der Waals surface area contributed by atoms with Gasteiger partial charge in [0, 0.05) is 29.9 Å². The Hall–Kier alpha value is -2.12. The number of anilines is 1. The van der Waals surface area contributed by atoms with Gasteiger partial charge in [0.2, 0.25) is 0 Å². The highest BCUT2D eigenvalue weighted by atomic mass is 32.2. The molecule has 8 nitrogen and oxygen atoms in total. The normalized spacial score (nSPS) is 20.7. The molecule has 2 aromatic heterocycles. The number of nitrogens with zero attached hydrogens (tertiary/aromatic N) is 3. The van der Waals surface area contributed by atoms with Gasteiger partial charge in [-0.3, -0.25) is 4.99 Å². The summed E-state index contributed by atoms with van der Waals surface area (Å²) in [6, 6.07) is 10.8. The highest BCUT2D eigenvalue weighted by Gasteiger charge is 2.28. The smallest absolute Gasteiger partial charge is 0.277 e. The first-order chi connectivity index (χ1) is 16.8. The van der Waals surface area contributed by atoms with Crippen LogP contribution in [0.2, 0.25) is 0 Å². The Kier molecular flexibility index (Phi) is 6.83. The highest BCUT2D eigenvalue weighted by Crippen LogP contribution is 2.35. The van der Waals surface area contributed by atoms with Crippen LogP contribution in [0, 0.1) is 0 Å². The molecular weight excluding hydrogens is 525 g/mol. The van der Waals surface area contributed by atoms with Gasteiger partial charge in [0.1, 0.15) is 9.25 Å². The summed E-state index contributed by atoms with van der Waals surface area (Å²) in [7, 11) is -6.63. The molecule has 1 unspecified atom stereocenters. The number of rotatable bonds is 8. The maximum atomic E-state index is 13.2. The number of hydrogen-bond donors (Lipinski definition) is 1. The minimum absolute atomic E-state index is 0.244. The number of thiophene rings is 1. The predicted molar refractivity (Wildman–Crippen MR) is 145 cm³/mol. The molecule has 1 fully saturated rings. The second-order valence-corrected chi connectivity index (χ2v) is 15.1. The minimum Gasteiger partial charge on any atom is -0.351 e. The van der Waals surface area contributed by atoms with E-state index in [1.165, 1.54) is 21.8 Å². The van der Waals surface area contributed by atoms with Crippen LogP contribution in [0.15, 0.2) is 63.8 Å². The average molecular weight is 551 g/mol. The standard InChI is InChI=1S/C23H26N4O4S4/c1-2-27(35(30,31)21-7-4-12-32-21)20-6-3-5-17-15-19(25-22(17)20)23-24-16-18(33-23)8-9-26-10-13-34(28,29)14-11-26/h2-7,12,15,18,25H,1,8-11,13-14,16H2. The van der Waals surface area contributed by atoms with Gasteiger partial charge < -0.3 is 9.88 Å². The van der Waals surface area contributed by atoms with Crippen molar-refractivity contribution in [3.63, 3.8) is 0 Å². The molecule has 0 spiro atoms. The van der Waals surface area contributed by atoms with Crippen molar-refractivity contribution in [1.82, 2.24) is 9.88 Å². The third-order valence-electron chi connectivity index (χ3n) is 6.20. The lowest BCUT2D eigenvalue weighted by Gasteiger charge is -2.27. The number of fused-ring (bicyclic) bond motifs is 1. The molecule has 2 aliphatic heterocycles. The zero-order chi connectivity index (χ0) is 24.6. The number of aromatic nitrogens is 1. The number of thioether (sulfide) groups is 1. The molecule has 0 saturated carbocycles. The number of para-hydroxylation sites is 1. The van der Waals surface area contributed by atoms with E-state index in [9.17, 15) is 16.8 Å². The molecule has 12 heteroatoms. The van der Waals surface area contributed by atoms with Crippen molar-refractivity contribution in [3.8, 4) is 0 Å². The molecular formula is C23H26N4O4S4. The van der Waals surface area contributed by atoms with Gasteiger partial charge >= 0.3 is 0 Å². The fourth-order valence-electron chi connectivity index (χ4n) is 4.29. The van der Waals surface area contributed by atoms with Gasteiger partial charge in [-0.25, -0.2) is 12.7 Å². The van der Waals surface area contributed by atoms with Crippen molar-refractivity contribution >= 4 is 64.6 Å². The van der Waals surface area contributed by atoms with E-state index in [4.69, 9.17) is 4.99 Å². The van der Waals surface area contributed by atoms with Crippen molar-refractivity contribution in [1.29, 1.82) is 0 Å². The summed E-state index contributed by atoms with van der Waals surface area (Å²) in [6.45, 7) is 6.53. The van der Waals surface area contributed by atoms with Crippen molar-refractivity contribution in [2.45, 2.75) is 15.9 Å². The predicted octanol–water partition coefficient (Wildman–Crippen LogP) is 3.55. The fraction of sp³-hybridized carbons (Fsp3) is 0.348. The number of aliphatic imine (C=N–C) groups is 1. The van der Waals surface area contributed by atoms with Gasteiger partial charge in [-0.05, 0) is 36.5 Å². The quantitative estimate of drug-likeness (QED) is 0.460. The Bertz CT molecular complexity index is 1460. The van der Waals surface area contributed by atoms with Crippen molar-refractivity contribution in [3.05, 3.63) is 60.3 Å². The number of hydrogen-bond acceptors (Lipinski definition) is 8. The number of benzene rings is 1. The SMILES string of the molecule is C=CN(c1cccc2cc(C3=NCC(CCN4CCS(=O)(=O)CC4)S3)[nH]c12)S(=O)(=O)c1cccs1. The summed E-state index contributed by atoms with van der Waals surface area (Å²) in [4.78, 5) is 10.3. The molecule has 0 amide bonds. The van der Waals surface area contributed by atoms with E-state index in [2.05, 4.69) is 16.5 Å². The van der Waals surface area contributed by atoms with Gasteiger partial charge in [0.25, 0.3) is 10.0 Å². The molecule has 1 aromatic carbocycles. The fourth-order valence-corrected chi connectivity index (χ4v) is 9.03. The van der Waals surface area contributed by atoms with Gasteiger partial charge in [-0.15, -0.1) is 11.3 Å². The monoisotopic (exact) mass is 550 g/mol. The molecule has 4 heterocycles. The molecule has 1 saturated heterocycles. The Morgan fingerprint density at radius 3 is 2.74 bits per heavy atom. The molecule has 3 aromatic rings. The summed E-state index contributed by atoms with van der Waals surface area (Å²) in [5.74, 6) is 0.488. The first-order valence-electron chi connectivity index (χ1n) is 11.2. The molecule has 1 atom stereocenters. The zero-order valence-corrected chi connectivity index (χ0v) is 22.2. The molecule has 0 bridgehead atoms. The second-order valence-electron chi connectivity index (χ2n) is 8.51. The number of aromatic amines is 1. The summed E-state index contributed by atoms with van der Waals surface area (Å²) >= 11 is 2.89. The molecule has 186 valence electrons. The van der Waals surface area contributed by atoms with Crippen molar-refractivity contribution in [2.75, 3.05) is 42.0 Å². The van der Waals surface area contributed by atoms with E-state index in [1.807, 2.05) is 18.2 Å². The van der Waals surface area contributed by atoms with Crippen molar-refractivity contribution in [2.24, 2.45) is 4.99 Å². The molecule has 1 N–H and O–H groups in total. The zero-order valence-electron chi connectivity index (χ0n) is 19.0. The van der Waals surface area contributed by atoms with E-state index in [0.29, 0.717) is 36.1 Å². The van der Waals surface area contributed by atoms with Crippen LogP contribution in [0.25, 0.3) is 10.9 Å². The number of H-pyrrole nitrogens is 1. The molecule has 0 aliphatic carbocycles. The van der Waals surface area contributed by atoms with E-state index >= 15 is 0 Å². The number of sulfone groups is 1. The highest BCUT2D eigenvalue weighted by molar-refractivity contribution is 8.15. The van der Waals surface area contributed by atoms with Crippen LogP contribution >= 0.6 is 23.1 Å². The average Bonchev–Trinajstić information content (AvgIpc) is 3.59. The van der Waals surface area contributed by atoms with Gasteiger partial charge in [-0.2, -0.15) is 8.42 Å². The Morgan fingerprint density at radius 1 is 1.23 bits per heavy atom. The Labute approximate surface area is 213 Å². The topological polar surface area (TPSA) is 103 Å². The summed E-state index contributed by atoms with van der Waals surface area (Å²) < 4.78 is 51.1. The van der Waals surface area contributed by atoms with E-state index in [0.717, 1.165) is 29.1 Å². The van der Waals surface area contributed by atoms with Crippen LogP contribution in [0.3, 0.4) is 0 Å². The lowest BCUT2D eigenvalue weighted by molar-refractivity contribution is 0.291. The minimum atomic E-state index is -3.76. The van der Waals surface area contributed by atoms with Crippen LogP contribution in [-0.4, -0.2) is 74.7 Å². The maximum absolute atomic E-state index is 13.2. The Morgan fingerprint density at radius 2 is 2.03 bits per heavy atom. The van der Waals surface area contributed by atoms with Crippen LogP contribution in [0.5, 0.6) is 0 Å². The molecule has 0 radical (unpaired) electrons. The third kappa shape index (κ3) is 5.08. The third-order valence-corrected chi connectivity index (χ3v) is 12.2. The second kappa shape index (κ2) is 9.74. The van der Waals surface area contributed by atoms with Gasteiger partial charge in [0.15, 0.2) is 9.84 Å². The molecule has 35 heavy (non-hydrogen) atoms. The van der Waals surface area contributed by atoms with Gasteiger partial charge in [-0.1, -0.05) is 36.5 Å². The van der Waals surface area contributed by atoms with Crippen LogP contribution in [0.4, 0.5) is 5.69 Å². The lowest BCUT2D eigenvalue weighted by atomic mass is 10.2. The van der Waals surface area contributed by atoms with E-state index < -0.39 is 19.9 Å². The largest absolute Gasteiger partial charge is 0.351 e. The molecule has 2 aliphatic rings. The Balaban J connectivity index is 1.31.